The molecule has 1 aromatic rings. The number of hydrogen-bond donors (Lipinski definition) is 2. The molecule has 0 fully saturated rings. The maximum atomic E-state index is 12.4. The molecule has 0 amide bonds. The predicted octanol–water partition coefficient (Wildman–Crippen LogP) is 5.18. The minimum Gasteiger partial charge on any atom is -0.480 e. The second-order valence-electron chi connectivity index (χ2n) is 11.0. The number of carboxylic acid groups (broad SMARTS) is 1. The van der Waals surface area contributed by atoms with Crippen LogP contribution in [0.3, 0.4) is 0 Å². The van der Waals surface area contributed by atoms with Gasteiger partial charge in [0.05, 0.1) is 6.61 Å². The van der Waals surface area contributed by atoms with E-state index in [1.54, 1.807) is 48.5 Å². The number of aliphatic carboxylic acids is 1. The van der Waals surface area contributed by atoms with E-state index < -0.39 is 53.3 Å². The zero-order chi connectivity index (χ0) is 29.3. The minimum absolute atomic E-state index is 0.0768. The van der Waals surface area contributed by atoms with Gasteiger partial charge in [0.1, 0.15) is 17.2 Å². The van der Waals surface area contributed by atoms with Gasteiger partial charge in [-0.15, -0.1) is 0 Å². The standard InChI is InChI=1S/C27H41NO10/c1-9-10-11-20(29)34-15-16(2)21(22(28)23(30)31)17-12-13-18(35-24(32)37-26(3,4)5)19(14-17)36-25(33)38-27(6,7)8/h12-14,16,21-22H,9-11,15,28H2,1-8H3,(H,30,31)/t16?,21?,22-/m0/s1. The van der Waals surface area contributed by atoms with Crippen molar-refractivity contribution in [1.29, 1.82) is 0 Å². The van der Waals surface area contributed by atoms with Crippen molar-refractivity contribution in [3.63, 3.8) is 0 Å². The van der Waals surface area contributed by atoms with E-state index in [1.807, 2.05) is 6.92 Å². The molecule has 214 valence electrons. The molecule has 0 aliphatic carbocycles. The van der Waals surface area contributed by atoms with Crippen LogP contribution in [0.5, 0.6) is 11.5 Å². The van der Waals surface area contributed by atoms with Crippen LogP contribution in [0.25, 0.3) is 0 Å². The lowest BCUT2D eigenvalue weighted by Gasteiger charge is -2.28. The summed E-state index contributed by atoms with van der Waals surface area (Å²) in [6, 6.07) is 2.78. The molecule has 1 aromatic carbocycles. The average molecular weight is 540 g/mol. The lowest BCUT2D eigenvalue weighted by atomic mass is 9.82. The van der Waals surface area contributed by atoms with Gasteiger partial charge in [-0.2, -0.15) is 0 Å². The number of unbranched alkanes of at least 4 members (excludes halogenated alkanes) is 1. The first-order valence-corrected chi connectivity index (χ1v) is 12.5. The van der Waals surface area contributed by atoms with Crippen LogP contribution in [0.15, 0.2) is 18.2 Å². The molecule has 3 N–H and O–H groups in total. The van der Waals surface area contributed by atoms with Crippen molar-refractivity contribution in [2.45, 2.75) is 97.8 Å². The molecule has 0 aliphatic heterocycles. The minimum atomic E-state index is -1.38. The Balaban J connectivity index is 3.38. The summed E-state index contributed by atoms with van der Waals surface area (Å²) in [5.41, 5.74) is 4.67. The highest BCUT2D eigenvalue weighted by atomic mass is 16.8. The van der Waals surface area contributed by atoms with Gasteiger partial charge in [0.15, 0.2) is 11.5 Å². The highest BCUT2D eigenvalue weighted by Crippen LogP contribution is 2.36. The summed E-state index contributed by atoms with van der Waals surface area (Å²) >= 11 is 0. The molecular formula is C27H41NO10. The molecule has 11 nitrogen and oxygen atoms in total. The van der Waals surface area contributed by atoms with E-state index in [4.69, 9.17) is 29.4 Å². The molecular weight excluding hydrogens is 498 g/mol. The quantitative estimate of drug-likeness (QED) is 0.216. The van der Waals surface area contributed by atoms with Gasteiger partial charge in [0.25, 0.3) is 0 Å². The third-order valence-corrected chi connectivity index (χ3v) is 5.05. The fourth-order valence-corrected chi connectivity index (χ4v) is 3.38. The van der Waals surface area contributed by atoms with Gasteiger partial charge in [-0.25, -0.2) is 9.59 Å². The number of ether oxygens (including phenoxy) is 5. The first-order valence-electron chi connectivity index (χ1n) is 12.5. The summed E-state index contributed by atoms with van der Waals surface area (Å²) < 4.78 is 26.3. The van der Waals surface area contributed by atoms with Gasteiger partial charge in [-0.3, -0.25) is 9.59 Å². The number of carbonyl (C=O) groups excluding carboxylic acids is 3. The molecule has 0 radical (unpaired) electrons. The summed E-state index contributed by atoms with van der Waals surface area (Å²) in [4.78, 5) is 48.5. The number of carboxylic acids is 1. The first kappa shape index (κ1) is 32.7. The molecule has 0 bridgehead atoms. The van der Waals surface area contributed by atoms with E-state index in [-0.39, 0.29) is 24.5 Å². The normalized spacial score (nSPS) is 14.0. The number of hydrogen-bond acceptors (Lipinski definition) is 10. The summed E-state index contributed by atoms with van der Waals surface area (Å²) in [5, 5.41) is 9.66. The van der Waals surface area contributed by atoms with Crippen LogP contribution in [0.2, 0.25) is 0 Å². The summed E-state index contributed by atoms with van der Waals surface area (Å²) in [7, 11) is 0. The van der Waals surface area contributed by atoms with Crippen molar-refractivity contribution in [3.05, 3.63) is 23.8 Å². The van der Waals surface area contributed by atoms with Crippen molar-refractivity contribution in [2.24, 2.45) is 11.7 Å². The summed E-state index contributed by atoms with van der Waals surface area (Å²) in [5.74, 6) is -3.42. The van der Waals surface area contributed by atoms with Crippen LogP contribution in [0.4, 0.5) is 9.59 Å². The Kier molecular flexibility index (Phi) is 12.0. The molecule has 0 aliphatic rings. The summed E-state index contributed by atoms with van der Waals surface area (Å²) in [6.07, 6.45) is -0.347. The van der Waals surface area contributed by atoms with Crippen molar-refractivity contribution in [3.8, 4) is 11.5 Å². The maximum absolute atomic E-state index is 12.4. The van der Waals surface area contributed by atoms with Crippen molar-refractivity contribution < 1.29 is 48.0 Å². The second kappa shape index (κ2) is 14.0. The Morgan fingerprint density at radius 3 is 1.92 bits per heavy atom. The topological polar surface area (TPSA) is 161 Å². The highest BCUT2D eigenvalue weighted by Gasteiger charge is 2.33. The van der Waals surface area contributed by atoms with Gasteiger partial charge in [-0.05, 0) is 71.6 Å². The molecule has 0 aromatic heterocycles. The second-order valence-corrected chi connectivity index (χ2v) is 11.0. The van der Waals surface area contributed by atoms with Gasteiger partial charge >= 0.3 is 24.2 Å². The van der Waals surface area contributed by atoms with Crippen LogP contribution >= 0.6 is 0 Å². The van der Waals surface area contributed by atoms with E-state index in [9.17, 15) is 24.3 Å². The molecule has 0 saturated carbocycles. The third kappa shape index (κ3) is 11.8. The SMILES string of the molecule is CCCCC(=O)OCC(C)C(c1ccc(OC(=O)OC(C)(C)C)c(OC(=O)OC(C)(C)C)c1)[C@H](N)C(=O)O. The van der Waals surface area contributed by atoms with E-state index in [0.717, 1.165) is 6.42 Å². The van der Waals surface area contributed by atoms with Crippen LogP contribution < -0.4 is 15.2 Å². The molecule has 3 atom stereocenters. The molecule has 2 unspecified atom stereocenters. The molecule has 0 spiro atoms. The van der Waals surface area contributed by atoms with Crippen LogP contribution in [0.1, 0.15) is 86.1 Å². The molecule has 0 heterocycles. The van der Waals surface area contributed by atoms with Crippen molar-refractivity contribution >= 4 is 24.2 Å². The van der Waals surface area contributed by atoms with Crippen LogP contribution in [-0.2, 0) is 23.8 Å². The van der Waals surface area contributed by atoms with Crippen LogP contribution in [0, 0.1) is 5.92 Å². The van der Waals surface area contributed by atoms with Gasteiger partial charge in [0.2, 0.25) is 0 Å². The number of benzene rings is 1. The van der Waals surface area contributed by atoms with Crippen molar-refractivity contribution in [1.82, 2.24) is 0 Å². The van der Waals surface area contributed by atoms with Crippen molar-refractivity contribution in [2.75, 3.05) is 6.61 Å². The Morgan fingerprint density at radius 1 is 0.921 bits per heavy atom. The Hall–Kier alpha value is -3.34. The largest absolute Gasteiger partial charge is 0.514 e. The van der Waals surface area contributed by atoms with E-state index in [1.165, 1.54) is 18.2 Å². The smallest absolute Gasteiger partial charge is 0.480 e. The monoisotopic (exact) mass is 539 g/mol. The molecule has 11 heteroatoms. The van der Waals surface area contributed by atoms with Gasteiger partial charge < -0.3 is 34.5 Å². The van der Waals surface area contributed by atoms with Crippen LogP contribution in [-0.4, -0.2) is 53.2 Å². The van der Waals surface area contributed by atoms with Gasteiger partial charge in [-0.1, -0.05) is 26.3 Å². The average Bonchev–Trinajstić information content (AvgIpc) is 2.75. The molecule has 38 heavy (non-hydrogen) atoms. The number of nitrogens with two attached hydrogens (primary N) is 1. The number of carbonyl (C=O) groups is 4. The Bertz CT molecular complexity index is 977. The lowest BCUT2D eigenvalue weighted by molar-refractivity contribution is -0.145. The highest BCUT2D eigenvalue weighted by molar-refractivity contribution is 5.75. The third-order valence-electron chi connectivity index (χ3n) is 5.05. The predicted molar refractivity (Wildman–Crippen MR) is 138 cm³/mol. The molecule has 1 rings (SSSR count). The fourth-order valence-electron chi connectivity index (χ4n) is 3.38. The maximum Gasteiger partial charge on any atom is 0.514 e. The lowest BCUT2D eigenvalue weighted by Crippen LogP contribution is -2.40. The molecule has 0 saturated heterocycles. The number of esters is 1. The zero-order valence-electron chi connectivity index (χ0n) is 23.5. The van der Waals surface area contributed by atoms with Gasteiger partial charge in [0, 0.05) is 12.3 Å². The first-order chi connectivity index (χ1) is 17.4. The summed E-state index contributed by atoms with van der Waals surface area (Å²) in [6.45, 7) is 13.5. The Morgan fingerprint density at radius 2 is 1.45 bits per heavy atom. The van der Waals surface area contributed by atoms with E-state index in [2.05, 4.69) is 0 Å². The van der Waals surface area contributed by atoms with E-state index >= 15 is 0 Å². The van der Waals surface area contributed by atoms with E-state index in [0.29, 0.717) is 12.0 Å². The zero-order valence-corrected chi connectivity index (χ0v) is 23.5. The number of rotatable bonds is 11. The fraction of sp³-hybridized carbons (Fsp3) is 0.630. The Labute approximate surface area is 223 Å².